The fraction of sp³-hybridized carbons (Fsp3) is 0.429. The fourth-order valence-electron chi connectivity index (χ4n) is 2.03. The Morgan fingerprint density at radius 1 is 1.00 bits per heavy atom. The second kappa shape index (κ2) is 6.01. The predicted molar refractivity (Wildman–Crippen MR) is 77.3 cm³/mol. The van der Waals surface area contributed by atoms with Crippen molar-refractivity contribution in [2.45, 2.75) is 26.7 Å². The number of hydrogen-bond donors (Lipinski definition) is 0. The van der Waals surface area contributed by atoms with Gasteiger partial charge in [-0.15, -0.1) is 0 Å². The lowest BCUT2D eigenvalue weighted by atomic mass is 10.3. The van der Waals surface area contributed by atoms with Crippen molar-refractivity contribution in [3.63, 3.8) is 0 Å². The summed E-state index contributed by atoms with van der Waals surface area (Å²) in [6.45, 7) is 6.23. The molecule has 0 unspecified atom stereocenters. The number of nitrogens with zero attached hydrogens (tertiary/aromatic N) is 3. The molecule has 2 aromatic rings. The van der Waals surface area contributed by atoms with Crippen molar-refractivity contribution in [2.24, 2.45) is 0 Å². The van der Waals surface area contributed by atoms with Crippen LogP contribution in [0.1, 0.15) is 26.7 Å². The van der Waals surface area contributed by atoms with E-state index in [4.69, 9.17) is 11.6 Å². The summed E-state index contributed by atoms with van der Waals surface area (Å²) in [6, 6.07) is 7.82. The zero-order valence-electron chi connectivity index (χ0n) is 10.9. The van der Waals surface area contributed by atoms with E-state index >= 15 is 0 Å². The maximum Gasteiger partial charge on any atom is 0.172 e. The number of para-hydroxylation sites is 2. The van der Waals surface area contributed by atoms with Gasteiger partial charge in [0, 0.05) is 13.1 Å². The molecule has 18 heavy (non-hydrogen) atoms. The lowest BCUT2D eigenvalue weighted by molar-refractivity contribution is 0.734. The summed E-state index contributed by atoms with van der Waals surface area (Å²) in [7, 11) is 0. The molecule has 0 aliphatic rings. The van der Waals surface area contributed by atoms with Crippen LogP contribution in [0.2, 0.25) is 5.15 Å². The number of anilines is 1. The van der Waals surface area contributed by atoms with Crippen molar-refractivity contribution in [1.29, 1.82) is 0 Å². The largest absolute Gasteiger partial charge is 0.354 e. The third-order valence-corrected chi connectivity index (χ3v) is 3.05. The van der Waals surface area contributed by atoms with Crippen LogP contribution in [0.5, 0.6) is 0 Å². The van der Waals surface area contributed by atoms with Gasteiger partial charge in [-0.2, -0.15) is 0 Å². The van der Waals surface area contributed by atoms with Gasteiger partial charge in [0.05, 0.1) is 11.0 Å². The van der Waals surface area contributed by atoms with Crippen molar-refractivity contribution in [2.75, 3.05) is 18.0 Å². The van der Waals surface area contributed by atoms with Gasteiger partial charge in [0.2, 0.25) is 0 Å². The molecule has 2 rings (SSSR count). The van der Waals surface area contributed by atoms with Crippen LogP contribution in [0.25, 0.3) is 11.0 Å². The van der Waals surface area contributed by atoms with Crippen molar-refractivity contribution in [3.8, 4) is 0 Å². The molecule has 3 nitrogen and oxygen atoms in total. The van der Waals surface area contributed by atoms with Gasteiger partial charge < -0.3 is 4.90 Å². The van der Waals surface area contributed by atoms with Crippen LogP contribution in [0.3, 0.4) is 0 Å². The van der Waals surface area contributed by atoms with E-state index in [2.05, 4.69) is 28.7 Å². The van der Waals surface area contributed by atoms with E-state index < -0.39 is 0 Å². The first-order chi connectivity index (χ1) is 8.76. The van der Waals surface area contributed by atoms with Gasteiger partial charge in [0.25, 0.3) is 0 Å². The molecular formula is C14H18ClN3. The molecule has 0 fully saturated rings. The average molecular weight is 264 g/mol. The number of halogens is 1. The summed E-state index contributed by atoms with van der Waals surface area (Å²) in [4.78, 5) is 11.3. The zero-order valence-corrected chi connectivity index (χ0v) is 11.6. The van der Waals surface area contributed by atoms with E-state index in [1.54, 1.807) is 0 Å². The predicted octanol–water partition coefficient (Wildman–Crippen LogP) is 3.91. The lowest BCUT2D eigenvalue weighted by Crippen LogP contribution is -2.26. The quantitative estimate of drug-likeness (QED) is 0.819. The lowest BCUT2D eigenvalue weighted by Gasteiger charge is -2.23. The first-order valence-electron chi connectivity index (χ1n) is 6.43. The molecule has 0 spiro atoms. The molecule has 1 aromatic heterocycles. The molecule has 0 aliphatic carbocycles. The first kappa shape index (κ1) is 13.1. The normalized spacial score (nSPS) is 10.8. The molecule has 0 saturated heterocycles. The molecule has 0 atom stereocenters. The van der Waals surface area contributed by atoms with Crippen LogP contribution >= 0.6 is 11.6 Å². The van der Waals surface area contributed by atoms with Crippen LogP contribution in [0, 0.1) is 0 Å². The summed E-state index contributed by atoms with van der Waals surface area (Å²) in [5.74, 6) is 0.805. The Hall–Kier alpha value is -1.35. The summed E-state index contributed by atoms with van der Waals surface area (Å²) >= 11 is 6.25. The minimum atomic E-state index is 0.496. The maximum absolute atomic E-state index is 6.25. The van der Waals surface area contributed by atoms with Crippen molar-refractivity contribution < 1.29 is 0 Å². The van der Waals surface area contributed by atoms with Crippen LogP contribution in [0.15, 0.2) is 24.3 Å². The van der Waals surface area contributed by atoms with E-state index in [0.717, 1.165) is 42.8 Å². The molecule has 0 N–H and O–H groups in total. The summed E-state index contributed by atoms with van der Waals surface area (Å²) in [5, 5.41) is 0.496. The first-order valence-corrected chi connectivity index (χ1v) is 6.81. The molecule has 0 radical (unpaired) electrons. The highest BCUT2D eigenvalue weighted by molar-refractivity contribution is 6.32. The Morgan fingerprint density at radius 2 is 1.56 bits per heavy atom. The van der Waals surface area contributed by atoms with Crippen LogP contribution in [-0.4, -0.2) is 23.1 Å². The molecule has 4 heteroatoms. The summed E-state index contributed by atoms with van der Waals surface area (Å²) in [6.07, 6.45) is 2.15. The Balaban J connectivity index is 2.44. The number of hydrogen-bond acceptors (Lipinski definition) is 3. The van der Waals surface area contributed by atoms with Gasteiger partial charge in [-0.25, -0.2) is 9.97 Å². The molecule has 96 valence electrons. The monoisotopic (exact) mass is 263 g/mol. The average Bonchev–Trinajstić information content (AvgIpc) is 2.38. The van der Waals surface area contributed by atoms with Crippen LogP contribution in [0.4, 0.5) is 5.82 Å². The number of fused-ring (bicyclic) bond motifs is 1. The zero-order chi connectivity index (χ0) is 13.0. The highest BCUT2D eigenvalue weighted by atomic mass is 35.5. The Bertz CT molecular complexity index is 521. The van der Waals surface area contributed by atoms with Crippen LogP contribution in [-0.2, 0) is 0 Å². The van der Waals surface area contributed by atoms with E-state index in [9.17, 15) is 0 Å². The SMILES string of the molecule is CCCN(CCC)c1nc2ccccc2nc1Cl. The third-order valence-electron chi connectivity index (χ3n) is 2.80. The Labute approximate surface area is 113 Å². The number of rotatable bonds is 5. The van der Waals surface area contributed by atoms with E-state index in [1.165, 1.54) is 0 Å². The third kappa shape index (κ3) is 2.72. The van der Waals surface area contributed by atoms with Crippen molar-refractivity contribution in [1.82, 2.24) is 9.97 Å². The van der Waals surface area contributed by atoms with Crippen LogP contribution < -0.4 is 4.90 Å². The van der Waals surface area contributed by atoms with E-state index in [0.29, 0.717) is 5.15 Å². The molecule has 0 aliphatic heterocycles. The van der Waals surface area contributed by atoms with Gasteiger partial charge in [-0.05, 0) is 25.0 Å². The summed E-state index contributed by atoms with van der Waals surface area (Å²) < 4.78 is 0. The van der Waals surface area contributed by atoms with Gasteiger partial charge in [-0.1, -0.05) is 37.6 Å². The number of benzene rings is 1. The smallest absolute Gasteiger partial charge is 0.172 e. The molecule has 0 amide bonds. The molecular weight excluding hydrogens is 246 g/mol. The Kier molecular flexibility index (Phi) is 4.37. The highest BCUT2D eigenvalue weighted by Gasteiger charge is 2.13. The molecule has 1 heterocycles. The molecule has 1 aromatic carbocycles. The molecule has 0 bridgehead atoms. The summed E-state index contributed by atoms with van der Waals surface area (Å²) in [5.41, 5.74) is 1.74. The standard InChI is InChI=1S/C14H18ClN3/c1-3-9-18(10-4-2)14-13(15)16-11-7-5-6-8-12(11)17-14/h5-8H,3-4,9-10H2,1-2H3. The van der Waals surface area contributed by atoms with Gasteiger partial charge in [0.15, 0.2) is 11.0 Å². The van der Waals surface area contributed by atoms with Gasteiger partial charge in [0.1, 0.15) is 0 Å². The van der Waals surface area contributed by atoms with Gasteiger partial charge >= 0.3 is 0 Å². The fourth-order valence-corrected chi connectivity index (χ4v) is 2.29. The molecule has 0 saturated carbocycles. The second-order valence-corrected chi connectivity index (χ2v) is 4.67. The van der Waals surface area contributed by atoms with Crippen molar-refractivity contribution in [3.05, 3.63) is 29.4 Å². The Morgan fingerprint density at radius 3 is 2.11 bits per heavy atom. The van der Waals surface area contributed by atoms with E-state index in [1.807, 2.05) is 24.3 Å². The topological polar surface area (TPSA) is 29.0 Å². The minimum Gasteiger partial charge on any atom is -0.354 e. The van der Waals surface area contributed by atoms with Crippen molar-refractivity contribution >= 4 is 28.5 Å². The highest BCUT2D eigenvalue weighted by Crippen LogP contribution is 2.24. The van der Waals surface area contributed by atoms with E-state index in [-0.39, 0.29) is 0 Å². The second-order valence-electron chi connectivity index (χ2n) is 4.31. The maximum atomic E-state index is 6.25. The minimum absolute atomic E-state index is 0.496. The number of aromatic nitrogens is 2. The van der Waals surface area contributed by atoms with Gasteiger partial charge in [-0.3, -0.25) is 0 Å².